The lowest BCUT2D eigenvalue weighted by atomic mass is 9.91. The first-order valence-electron chi connectivity index (χ1n) is 7.22. The van der Waals surface area contributed by atoms with E-state index >= 15 is 0 Å². The fourth-order valence-electron chi connectivity index (χ4n) is 2.56. The van der Waals surface area contributed by atoms with Crippen molar-refractivity contribution in [3.63, 3.8) is 0 Å². The van der Waals surface area contributed by atoms with Gasteiger partial charge in [-0.25, -0.2) is 9.59 Å². The maximum absolute atomic E-state index is 12.3. The number of hydrogen-bond donors (Lipinski definition) is 2. The van der Waals surface area contributed by atoms with E-state index in [9.17, 15) is 9.59 Å². The van der Waals surface area contributed by atoms with Crippen LogP contribution < -0.4 is 10.6 Å². The molecule has 116 valence electrons. The normalized spacial score (nSPS) is 17.5. The van der Waals surface area contributed by atoms with E-state index in [1.807, 2.05) is 24.3 Å². The number of rotatable bonds is 5. The summed E-state index contributed by atoms with van der Waals surface area (Å²) in [7, 11) is 0. The molecule has 1 heterocycles. The van der Waals surface area contributed by atoms with E-state index < -0.39 is 12.0 Å². The number of urea groups is 1. The predicted octanol–water partition coefficient (Wildman–Crippen LogP) is 2.61. The van der Waals surface area contributed by atoms with Gasteiger partial charge in [0.25, 0.3) is 0 Å². The van der Waals surface area contributed by atoms with Crippen LogP contribution in [0.1, 0.15) is 31.0 Å². The van der Waals surface area contributed by atoms with Crippen LogP contribution in [0, 0.1) is 0 Å². The fraction of sp³-hybridized carbons (Fsp3) is 0.294. The highest BCUT2D eigenvalue weighted by Crippen LogP contribution is 2.30. The molecule has 22 heavy (non-hydrogen) atoms. The molecule has 1 aliphatic heterocycles. The Labute approximate surface area is 130 Å². The molecule has 0 bridgehead atoms. The minimum Gasteiger partial charge on any atom is -0.463 e. The van der Waals surface area contributed by atoms with Crippen LogP contribution in [0.25, 0.3) is 0 Å². The number of allylic oxidation sites excluding steroid dienone is 2. The second-order valence-electron chi connectivity index (χ2n) is 4.98. The largest absolute Gasteiger partial charge is 0.463 e. The molecule has 2 amide bonds. The third-order valence-electron chi connectivity index (χ3n) is 3.49. The van der Waals surface area contributed by atoms with Crippen molar-refractivity contribution in [1.82, 2.24) is 10.6 Å². The first-order chi connectivity index (χ1) is 10.6. The molecule has 1 atom stereocenters. The molecule has 1 aliphatic rings. The van der Waals surface area contributed by atoms with Gasteiger partial charge in [-0.1, -0.05) is 30.3 Å². The number of esters is 1. The van der Waals surface area contributed by atoms with Crippen molar-refractivity contribution in [2.24, 2.45) is 0 Å². The van der Waals surface area contributed by atoms with E-state index in [1.165, 1.54) is 0 Å². The van der Waals surface area contributed by atoms with Gasteiger partial charge in [-0.3, -0.25) is 0 Å². The van der Waals surface area contributed by atoms with E-state index in [4.69, 9.17) is 4.74 Å². The van der Waals surface area contributed by atoms with Crippen molar-refractivity contribution in [1.29, 1.82) is 0 Å². The zero-order valence-corrected chi connectivity index (χ0v) is 12.8. The Kier molecular flexibility index (Phi) is 4.99. The minimum atomic E-state index is -0.524. The molecule has 2 rings (SSSR count). The van der Waals surface area contributed by atoms with Crippen LogP contribution in [0.3, 0.4) is 0 Å². The molecular weight excluding hydrogens is 280 g/mol. The number of benzene rings is 1. The van der Waals surface area contributed by atoms with Crippen LogP contribution in [-0.4, -0.2) is 18.6 Å². The molecule has 0 fully saturated rings. The molecule has 0 aliphatic carbocycles. The lowest BCUT2D eigenvalue weighted by molar-refractivity contribution is -0.139. The van der Waals surface area contributed by atoms with E-state index in [1.54, 1.807) is 19.9 Å². The van der Waals surface area contributed by atoms with Crippen LogP contribution in [0.5, 0.6) is 0 Å². The predicted molar refractivity (Wildman–Crippen MR) is 84.1 cm³/mol. The zero-order chi connectivity index (χ0) is 16.1. The van der Waals surface area contributed by atoms with Gasteiger partial charge >= 0.3 is 12.0 Å². The molecular formula is C17H20N2O3. The summed E-state index contributed by atoms with van der Waals surface area (Å²) in [5.41, 5.74) is 2.83. The molecule has 5 heteroatoms. The summed E-state index contributed by atoms with van der Waals surface area (Å²) in [5, 5.41) is 5.44. The summed E-state index contributed by atoms with van der Waals surface area (Å²) in [6.45, 7) is 7.49. The van der Waals surface area contributed by atoms with E-state index in [-0.39, 0.29) is 12.6 Å². The van der Waals surface area contributed by atoms with Gasteiger partial charge in [0, 0.05) is 5.70 Å². The highest BCUT2D eigenvalue weighted by Gasteiger charge is 2.32. The summed E-state index contributed by atoms with van der Waals surface area (Å²) in [5.74, 6) is -0.425. The average Bonchev–Trinajstić information content (AvgIpc) is 2.47. The summed E-state index contributed by atoms with van der Waals surface area (Å²) in [6.07, 6.45) is 2.45. The smallest absolute Gasteiger partial charge is 0.338 e. The Balaban J connectivity index is 2.50. The van der Waals surface area contributed by atoms with Gasteiger partial charge < -0.3 is 15.4 Å². The van der Waals surface area contributed by atoms with Crippen molar-refractivity contribution in [3.05, 3.63) is 59.3 Å². The van der Waals surface area contributed by atoms with Gasteiger partial charge in [0.05, 0.1) is 18.2 Å². The molecule has 5 nitrogen and oxygen atoms in total. The molecule has 1 unspecified atom stereocenters. The third-order valence-corrected chi connectivity index (χ3v) is 3.49. The monoisotopic (exact) mass is 300 g/mol. The van der Waals surface area contributed by atoms with Crippen molar-refractivity contribution in [3.8, 4) is 0 Å². The quantitative estimate of drug-likeness (QED) is 0.649. The second kappa shape index (κ2) is 6.93. The molecule has 0 saturated carbocycles. The zero-order valence-electron chi connectivity index (χ0n) is 12.8. The van der Waals surface area contributed by atoms with Gasteiger partial charge in [-0.05, 0) is 31.4 Å². The molecule has 0 aromatic heterocycles. The highest BCUT2D eigenvalue weighted by atomic mass is 16.5. The third kappa shape index (κ3) is 3.19. The van der Waals surface area contributed by atoms with Gasteiger partial charge in [0.15, 0.2) is 0 Å². The second-order valence-corrected chi connectivity index (χ2v) is 4.98. The van der Waals surface area contributed by atoms with Gasteiger partial charge in [-0.2, -0.15) is 0 Å². The lowest BCUT2D eigenvalue weighted by Crippen LogP contribution is -2.45. The number of nitrogens with one attached hydrogen (secondary N) is 2. The number of carbonyl (C=O) groups excluding carboxylic acids is 2. The van der Waals surface area contributed by atoms with E-state index in [0.29, 0.717) is 17.7 Å². The molecule has 2 N–H and O–H groups in total. The molecule has 1 aromatic carbocycles. The Hall–Kier alpha value is -2.56. The Morgan fingerprint density at radius 1 is 1.41 bits per heavy atom. The summed E-state index contributed by atoms with van der Waals surface area (Å²) >= 11 is 0. The first kappa shape index (κ1) is 15.8. The topological polar surface area (TPSA) is 67.4 Å². The van der Waals surface area contributed by atoms with Gasteiger partial charge in [0.2, 0.25) is 0 Å². The SMILES string of the molecule is C=CCc1ccccc1C1NC(=O)NC(C)=C1C(=O)OCC. The average molecular weight is 300 g/mol. The molecule has 1 aromatic rings. The van der Waals surface area contributed by atoms with Crippen LogP contribution in [0.2, 0.25) is 0 Å². The summed E-state index contributed by atoms with van der Waals surface area (Å²) in [4.78, 5) is 24.1. The van der Waals surface area contributed by atoms with E-state index in [0.717, 1.165) is 11.1 Å². The Morgan fingerprint density at radius 3 is 2.82 bits per heavy atom. The fourth-order valence-corrected chi connectivity index (χ4v) is 2.56. The van der Waals surface area contributed by atoms with Crippen LogP contribution in [0.15, 0.2) is 48.2 Å². The minimum absolute atomic E-state index is 0.282. The molecule has 0 radical (unpaired) electrons. The van der Waals surface area contributed by atoms with Gasteiger partial charge in [-0.15, -0.1) is 6.58 Å². The van der Waals surface area contributed by atoms with Crippen LogP contribution >= 0.6 is 0 Å². The van der Waals surface area contributed by atoms with Crippen molar-refractivity contribution < 1.29 is 14.3 Å². The summed E-state index contributed by atoms with van der Waals surface area (Å²) in [6, 6.07) is 6.82. The van der Waals surface area contributed by atoms with Crippen molar-refractivity contribution in [2.75, 3.05) is 6.61 Å². The first-order valence-corrected chi connectivity index (χ1v) is 7.22. The maximum atomic E-state index is 12.3. The standard InChI is InChI=1S/C17H20N2O3/c1-4-8-12-9-6-7-10-13(12)15-14(16(20)22-5-2)11(3)18-17(21)19-15/h4,6-7,9-10,15H,1,5,8H2,2-3H3,(H2,18,19,21). The van der Waals surface area contributed by atoms with Crippen LogP contribution in [-0.2, 0) is 16.0 Å². The van der Waals surface area contributed by atoms with Crippen molar-refractivity contribution in [2.45, 2.75) is 26.3 Å². The maximum Gasteiger partial charge on any atom is 0.338 e. The van der Waals surface area contributed by atoms with Crippen LogP contribution in [0.4, 0.5) is 4.79 Å². The van der Waals surface area contributed by atoms with Crippen molar-refractivity contribution >= 4 is 12.0 Å². The number of carbonyl (C=O) groups is 2. The number of hydrogen-bond acceptors (Lipinski definition) is 3. The molecule has 0 saturated heterocycles. The lowest BCUT2D eigenvalue weighted by Gasteiger charge is -2.29. The summed E-state index contributed by atoms with van der Waals surface area (Å²) < 4.78 is 5.13. The molecule has 0 spiro atoms. The van der Waals surface area contributed by atoms with Gasteiger partial charge in [0.1, 0.15) is 0 Å². The number of amides is 2. The van der Waals surface area contributed by atoms with E-state index in [2.05, 4.69) is 17.2 Å². The highest BCUT2D eigenvalue weighted by molar-refractivity contribution is 5.95. The Morgan fingerprint density at radius 2 is 2.14 bits per heavy atom. The Bertz CT molecular complexity index is 635. The number of ether oxygens (including phenoxy) is 1.